The quantitative estimate of drug-likeness (QED) is 0.752. The molecule has 0 spiro atoms. The second-order valence-electron chi connectivity index (χ2n) is 4.87. The van der Waals surface area contributed by atoms with Crippen molar-refractivity contribution in [3.05, 3.63) is 29.6 Å². The number of benzene rings is 1. The summed E-state index contributed by atoms with van der Waals surface area (Å²) in [4.78, 5) is 22.9. The molecule has 7 heteroatoms. The Bertz CT molecular complexity index is 520. The molecule has 116 valence electrons. The third-order valence-corrected chi connectivity index (χ3v) is 2.94. The van der Waals surface area contributed by atoms with Crippen LogP contribution >= 0.6 is 0 Å². The van der Waals surface area contributed by atoms with Crippen LogP contribution in [0.1, 0.15) is 24.2 Å². The van der Waals surface area contributed by atoms with E-state index in [-0.39, 0.29) is 17.6 Å². The molecule has 2 amide bonds. The van der Waals surface area contributed by atoms with E-state index in [2.05, 4.69) is 10.6 Å². The lowest BCUT2D eigenvalue weighted by atomic mass is 10.1. The Morgan fingerprint density at radius 3 is 2.57 bits per heavy atom. The summed E-state index contributed by atoms with van der Waals surface area (Å²) in [5.74, 6) is -2.22. The number of aromatic carboxylic acids is 1. The minimum absolute atomic E-state index is 0.0973. The standard InChI is InChI=1S/C14H19FN2O4/c1-8(2)11(7-21-3)17-14(20)16-10-6-4-5-9(15)12(10)13(18)19/h4-6,8,11H,7H2,1-3H3,(H,18,19)(H2,16,17,20). The zero-order valence-electron chi connectivity index (χ0n) is 12.1. The first-order chi connectivity index (χ1) is 9.86. The van der Waals surface area contributed by atoms with Crippen LogP contribution in [-0.4, -0.2) is 36.9 Å². The highest BCUT2D eigenvalue weighted by molar-refractivity contribution is 6.00. The van der Waals surface area contributed by atoms with Gasteiger partial charge < -0.3 is 20.5 Å². The zero-order valence-corrected chi connectivity index (χ0v) is 12.1. The maximum Gasteiger partial charge on any atom is 0.340 e. The SMILES string of the molecule is COCC(NC(=O)Nc1cccc(F)c1C(=O)O)C(C)C. The molecule has 0 radical (unpaired) electrons. The number of carboxylic acids is 1. The van der Waals surface area contributed by atoms with Gasteiger partial charge in [0.15, 0.2) is 0 Å². The maximum absolute atomic E-state index is 13.5. The van der Waals surface area contributed by atoms with Gasteiger partial charge in [-0.05, 0) is 18.1 Å². The van der Waals surface area contributed by atoms with Crippen LogP contribution in [0.4, 0.5) is 14.9 Å². The summed E-state index contributed by atoms with van der Waals surface area (Å²) in [6.07, 6.45) is 0. The number of amides is 2. The average Bonchev–Trinajstić information content (AvgIpc) is 2.37. The molecule has 0 aliphatic rings. The highest BCUT2D eigenvalue weighted by Gasteiger charge is 2.20. The van der Waals surface area contributed by atoms with Crippen LogP contribution in [0.3, 0.4) is 0 Å². The minimum Gasteiger partial charge on any atom is -0.478 e. The van der Waals surface area contributed by atoms with Crippen LogP contribution in [0.5, 0.6) is 0 Å². The molecule has 0 saturated heterocycles. The molecule has 0 fully saturated rings. The van der Waals surface area contributed by atoms with Gasteiger partial charge in [0.2, 0.25) is 0 Å². The number of carbonyl (C=O) groups is 2. The summed E-state index contributed by atoms with van der Waals surface area (Å²) in [5.41, 5.74) is -0.666. The number of methoxy groups -OCH3 is 1. The van der Waals surface area contributed by atoms with Gasteiger partial charge in [0.1, 0.15) is 11.4 Å². The molecule has 0 aromatic heterocycles. The highest BCUT2D eigenvalue weighted by atomic mass is 19.1. The number of carbonyl (C=O) groups excluding carboxylic acids is 1. The zero-order chi connectivity index (χ0) is 16.0. The van der Waals surface area contributed by atoms with E-state index in [1.54, 1.807) is 0 Å². The van der Waals surface area contributed by atoms with E-state index in [4.69, 9.17) is 9.84 Å². The molecule has 3 N–H and O–H groups in total. The largest absolute Gasteiger partial charge is 0.478 e. The minimum atomic E-state index is -1.44. The van der Waals surface area contributed by atoms with Crippen molar-refractivity contribution in [3.63, 3.8) is 0 Å². The number of ether oxygens (including phenoxy) is 1. The summed E-state index contributed by atoms with van der Waals surface area (Å²) in [7, 11) is 1.52. The smallest absolute Gasteiger partial charge is 0.340 e. The summed E-state index contributed by atoms with van der Waals surface area (Å²) < 4.78 is 18.5. The van der Waals surface area contributed by atoms with Crippen molar-refractivity contribution in [2.24, 2.45) is 5.92 Å². The fraction of sp³-hybridized carbons (Fsp3) is 0.429. The first kappa shape index (κ1) is 16.9. The number of halogens is 1. The van der Waals surface area contributed by atoms with Crippen LogP contribution in [0, 0.1) is 11.7 Å². The molecule has 21 heavy (non-hydrogen) atoms. The second-order valence-corrected chi connectivity index (χ2v) is 4.87. The predicted octanol–water partition coefficient (Wildman–Crippen LogP) is 2.32. The summed E-state index contributed by atoms with van der Waals surface area (Å²) in [6.45, 7) is 4.14. The van der Waals surface area contributed by atoms with E-state index in [9.17, 15) is 14.0 Å². The molecule has 1 aromatic carbocycles. The van der Waals surface area contributed by atoms with E-state index in [1.807, 2.05) is 13.8 Å². The number of hydrogen-bond donors (Lipinski definition) is 3. The summed E-state index contributed by atoms with van der Waals surface area (Å²) in [5, 5.41) is 14.0. The van der Waals surface area contributed by atoms with Crippen molar-refractivity contribution in [1.29, 1.82) is 0 Å². The molecule has 0 aliphatic carbocycles. The number of rotatable bonds is 6. The van der Waals surface area contributed by atoms with Crippen molar-refractivity contribution in [2.75, 3.05) is 19.0 Å². The van der Waals surface area contributed by atoms with E-state index in [1.165, 1.54) is 19.2 Å². The van der Waals surface area contributed by atoms with Crippen LogP contribution in [0.15, 0.2) is 18.2 Å². The maximum atomic E-state index is 13.5. The normalized spacial score (nSPS) is 12.0. The number of hydrogen-bond acceptors (Lipinski definition) is 3. The van der Waals surface area contributed by atoms with Crippen LogP contribution in [-0.2, 0) is 4.74 Å². The van der Waals surface area contributed by atoms with Crippen LogP contribution in [0.25, 0.3) is 0 Å². The van der Waals surface area contributed by atoms with Crippen LogP contribution < -0.4 is 10.6 Å². The molecule has 6 nitrogen and oxygen atoms in total. The van der Waals surface area contributed by atoms with E-state index >= 15 is 0 Å². The predicted molar refractivity (Wildman–Crippen MR) is 76.0 cm³/mol. The van der Waals surface area contributed by atoms with E-state index < -0.39 is 23.4 Å². The molecule has 0 aliphatic heterocycles. The third-order valence-electron chi connectivity index (χ3n) is 2.94. The van der Waals surface area contributed by atoms with Crippen LogP contribution in [0.2, 0.25) is 0 Å². The lowest BCUT2D eigenvalue weighted by molar-refractivity contribution is 0.0693. The molecule has 0 saturated carbocycles. The lowest BCUT2D eigenvalue weighted by Crippen LogP contribution is -2.44. The number of nitrogens with one attached hydrogen (secondary N) is 2. The molecule has 1 rings (SSSR count). The molecule has 0 bridgehead atoms. The fourth-order valence-electron chi connectivity index (χ4n) is 1.75. The van der Waals surface area contributed by atoms with E-state index in [0.717, 1.165) is 6.07 Å². The Hall–Kier alpha value is -2.15. The second kappa shape index (κ2) is 7.58. The highest BCUT2D eigenvalue weighted by Crippen LogP contribution is 2.19. The van der Waals surface area contributed by atoms with Gasteiger partial charge in [-0.2, -0.15) is 0 Å². The Labute approximate surface area is 122 Å². The Balaban J connectivity index is 2.84. The van der Waals surface area contributed by atoms with Gasteiger partial charge in [-0.3, -0.25) is 0 Å². The third kappa shape index (κ3) is 4.71. The lowest BCUT2D eigenvalue weighted by Gasteiger charge is -2.22. The molecule has 0 heterocycles. The fourth-order valence-corrected chi connectivity index (χ4v) is 1.75. The van der Waals surface area contributed by atoms with Crippen molar-refractivity contribution in [3.8, 4) is 0 Å². The Kier molecular flexibility index (Phi) is 6.10. The van der Waals surface area contributed by atoms with Gasteiger partial charge in [-0.25, -0.2) is 14.0 Å². The van der Waals surface area contributed by atoms with Crippen molar-refractivity contribution >= 4 is 17.7 Å². The van der Waals surface area contributed by atoms with Gasteiger partial charge in [0, 0.05) is 7.11 Å². The number of anilines is 1. The first-order valence-corrected chi connectivity index (χ1v) is 6.45. The van der Waals surface area contributed by atoms with Gasteiger partial charge in [-0.15, -0.1) is 0 Å². The summed E-state index contributed by atoms with van der Waals surface area (Å²) >= 11 is 0. The molecular weight excluding hydrogens is 279 g/mol. The van der Waals surface area contributed by atoms with Gasteiger partial charge in [-0.1, -0.05) is 19.9 Å². The topological polar surface area (TPSA) is 87.7 Å². The monoisotopic (exact) mass is 298 g/mol. The van der Waals surface area contributed by atoms with E-state index in [0.29, 0.717) is 6.61 Å². The number of urea groups is 1. The van der Waals surface area contributed by atoms with Gasteiger partial charge in [0.05, 0.1) is 18.3 Å². The van der Waals surface area contributed by atoms with Crippen molar-refractivity contribution in [1.82, 2.24) is 5.32 Å². The Morgan fingerprint density at radius 2 is 2.05 bits per heavy atom. The molecule has 1 atom stereocenters. The van der Waals surface area contributed by atoms with Gasteiger partial charge >= 0.3 is 12.0 Å². The molecule has 1 aromatic rings. The average molecular weight is 298 g/mol. The molecular formula is C14H19FN2O4. The van der Waals surface area contributed by atoms with Gasteiger partial charge in [0.25, 0.3) is 0 Å². The van der Waals surface area contributed by atoms with Crippen molar-refractivity contribution < 1.29 is 23.8 Å². The first-order valence-electron chi connectivity index (χ1n) is 6.45. The summed E-state index contributed by atoms with van der Waals surface area (Å²) in [6, 6.07) is 2.82. The number of carboxylic acid groups (broad SMARTS) is 1. The van der Waals surface area contributed by atoms with Crippen molar-refractivity contribution in [2.45, 2.75) is 19.9 Å². The molecule has 1 unspecified atom stereocenters. The Morgan fingerprint density at radius 1 is 1.38 bits per heavy atom.